The largest absolute Gasteiger partial charge is 0.393 e. The number of carbonyl (C=O) groups excluding carboxylic acids is 2. The molecule has 10 atom stereocenters. The van der Waals surface area contributed by atoms with Crippen LogP contribution in [0, 0.1) is 46.3 Å². The normalized spacial score (nSPS) is 44.2. The molecule has 4 aliphatic rings. The third-order valence-corrected chi connectivity index (χ3v) is 11.5. The molecule has 35 heavy (non-hydrogen) atoms. The van der Waals surface area contributed by atoms with E-state index in [4.69, 9.17) is 4.55 Å². The Morgan fingerprint density at radius 2 is 1.86 bits per heavy atom. The predicted octanol–water partition coefficient (Wildman–Crippen LogP) is 2.58. The molecule has 0 aromatic heterocycles. The van der Waals surface area contributed by atoms with E-state index in [9.17, 15) is 28.2 Å². The maximum Gasteiger partial charge on any atom is 0.266 e. The molecule has 4 N–H and O–H groups in total. The molecule has 0 aromatic carbocycles. The van der Waals surface area contributed by atoms with Gasteiger partial charge < -0.3 is 15.5 Å². The van der Waals surface area contributed by atoms with Crippen LogP contribution in [0.3, 0.4) is 0 Å². The molecule has 0 saturated heterocycles. The molecule has 4 rings (SSSR count). The van der Waals surface area contributed by atoms with E-state index < -0.39 is 27.4 Å². The molecule has 200 valence electrons. The highest BCUT2D eigenvalue weighted by atomic mass is 32.2. The Morgan fingerprint density at radius 1 is 1.14 bits per heavy atom. The second kappa shape index (κ2) is 9.69. The zero-order valence-electron chi connectivity index (χ0n) is 21.3. The van der Waals surface area contributed by atoms with E-state index in [0.29, 0.717) is 25.0 Å². The minimum atomic E-state index is -4.11. The standard InChI is InChI=1S/C26H43NO7S/c1-15(4-7-23(31)27-10-11-35(32,33)34)18-5-6-19-24-20(14-22(30)26(18,19)3)25(2)9-8-17(28)12-16(25)13-21(24)29/h15-21,24,28-29H,4-14H2,1-3H3,(H,27,31)(H,32,33,34)/t15-,16+,17-,18-,19?,20?,21?,24?,25+,26-/m1/s1. The Kier molecular flexibility index (Phi) is 7.48. The molecule has 0 aliphatic heterocycles. The Bertz CT molecular complexity index is 938. The number of ketones is 1. The van der Waals surface area contributed by atoms with Crippen LogP contribution in [0.4, 0.5) is 0 Å². The van der Waals surface area contributed by atoms with Crippen LogP contribution < -0.4 is 5.32 Å². The van der Waals surface area contributed by atoms with Crippen LogP contribution >= 0.6 is 0 Å². The quantitative estimate of drug-likeness (QED) is 0.383. The molecule has 1 amide bonds. The predicted molar refractivity (Wildman–Crippen MR) is 131 cm³/mol. The first-order valence-electron chi connectivity index (χ1n) is 13.4. The van der Waals surface area contributed by atoms with Gasteiger partial charge in [-0.1, -0.05) is 20.8 Å². The summed E-state index contributed by atoms with van der Waals surface area (Å²) < 4.78 is 30.5. The van der Waals surface area contributed by atoms with Gasteiger partial charge in [-0.15, -0.1) is 0 Å². The van der Waals surface area contributed by atoms with Gasteiger partial charge in [0, 0.05) is 24.8 Å². The van der Waals surface area contributed by atoms with E-state index in [1.165, 1.54) is 0 Å². The van der Waals surface area contributed by atoms with Crippen molar-refractivity contribution in [3.8, 4) is 0 Å². The number of aliphatic hydroxyl groups excluding tert-OH is 2. The molecule has 4 unspecified atom stereocenters. The molecule has 0 bridgehead atoms. The lowest BCUT2D eigenvalue weighted by atomic mass is 9.43. The number of carbonyl (C=O) groups is 2. The first kappa shape index (κ1) is 27.0. The maximum atomic E-state index is 13.8. The number of fused-ring (bicyclic) bond motifs is 5. The molecule has 4 aliphatic carbocycles. The summed E-state index contributed by atoms with van der Waals surface area (Å²) in [6.45, 7) is 6.37. The van der Waals surface area contributed by atoms with Crippen LogP contribution in [0.1, 0.15) is 78.6 Å². The highest BCUT2D eigenvalue weighted by Crippen LogP contribution is 2.67. The minimum Gasteiger partial charge on any atom is -0.393 e. The van der Waals surface area contributed by atoms with Crippen molar-refractivity contribution in [2.24, 2.45) is 46.3 Å². The first-order chi connectivity index (χ1) is 16.3. The summed E-state index contributed by atoms with van der Waals surface area (Å²) in [6.07, 6.45) is 5.54. The Morgan fingerprint density at radius 3 is 2.54 bits per heavy atom. The van der Waals surface area contributed by atoms with E-state index in [1.807, 2.05) is 0 Å². The topological polar surface area (TPSA) is 141 Å². The van der Waals surface area contributed by atoms with E-state index in [1.54, 1.807) is 0 Å². The van der Waals surface area contributed by atoms with Crippen LogP contribution in [0.2, 0.25) is 0 Å². The molecule has 4 saturated carbocycles. The van der Waals surface area contributed by atoms with Gasteiger partial charge >= 0.3 is 0 Å². The van der Waals surface area contributed by atoms with E-state index in [-0.39, 0.29) is 65.9 Å². The minimum absolute atomic E-state index is 0.00996. The Hall–Kier alpha value is -1.03. The average molecular weight is 514 g/mol. The van der Waals surface area contributed by atoms with Gasteiger partial charge in [-0.3, -0.25) is 14.1 Å². The van der Waals surface area contributed by atoms with Gasteiger partial charge in [-0.05, 0) is 85.9 Å². The number of amides is 1. The van der Waals surface area contributed by atoms with Crippen molar-refractivity contribution in [3.05, 3.63) is 0 Å². The smallest absolute Gasteiger partial charge is 0.266 e. The lowest BCUT2D eigenvalue weighted by Crippen LogP contribution is -2.61. The number of nitrogens with one attached hydrogen (secondary N) is 1. The summed E-state index contributed by atoms with van der Waals surface area (Å²) in [4.78, 5) is 26.0. The summed E-state index contributed by atoms with van der Waals surface area (Å²) in [6, 6.07) is 0. The summed E-state index contributed by atoms with van der Waals surface area (Å²) in [5.41, 5.74) is -0.510. The molecule has 4 fully saturated rings. The third-order valence-electron chi connectivity index (χ3n) is 10.8. The summed E-state index contributed by atoms with van der Waals surface area (Å²) >= 11 is 0. The van der Waals surface area contributed by atoms with E-state index in [2.05, 4.69) is 26.1 Å². The Balaban J connectivity index is 1.44. The van der Waals surface area contributed by atoms with Crippen LogP contribution in [-0.2, 0) is 19.7 Å². The van der Waals surface area contributed by atoms with Gasteiger partial charge in [0.1, 0.15) is 5.78 Å². The summed E-state index contributed by atoms with van der Waals surface area (Å²) in [5.74, 6) is 0.512. The van der Waals surface area contributed by atoms with E-state index >= 15 is 0 Å². The van der Waals surface area contributed by atoms with Crippen molar-refractivity contribution >= 4 is 21.8 Å². The highest BCUT2D eigenvalue weighted by molar-refractivity contribution is 7.85. The van der Waals surface area contributed by atoms with Gasteiger partial charge in [0.2, 0.25) is 5.91 Å². The second-order valence-corrected chi connectivity index (χ2v) is 14.0. The van der Waals surface area contributed by atoms with Gasteiger partial charge in [0.25, 0.3) is 10.1 Å². The van der Waals surface area contributed by atoms with Gasteiger partial charge in [-0.2, -0.15) is 8.42 Å². The Labute approximate surface area is 209 Å². The fourth-order valence-corrected chi connectivity index (χ4v) is 9.19. The second-order valence-electron chi connectivity index (χ2n) is 12.5. The van der Waals surface area contributed by atoms with Gasteiger partial charge in [-0.25, -0.2) is 0 Å². The van der Waals surface area contributed by atoms with Crippen LogP contribution in [-0.4, -0.2) is 59.4 Å². The fourth-order valence-electron chi connectivity index (χ4n) is 8.83. The van der Waals surface area contributed by atoms with Gasteiger partial charge in [0.05, 0.1) is 18.0 Å². The molecular formula is C26H43NO7S. The SMILES string of the molecule is C[C@H](CCC(=O)NCCS(=O)(=O)O)[C@H]1CCC2C3C(O)C[C@@H]4C[C@H](O)CC[C@]4(C)C3CC(=O)[C@@]21C. The molecule has 0 aromatic rings. The fraction of sp³-hybridized carbons (Fsp3) is 0.923. The molecular weight excluding hydrogens is 470 g/mol. The van der Waals surface area contributed by atoms with Crippen LogP contribution in [0.5, 0.6) is 0 Å². The first-order valence-corrected chi connectivity index (χ1v) is 15.0. The van der Waals surface area contributed by atoms with Crippen molar-refractivity contribution in [3.63, 3.8) is 0 Å². The van der Waals surface area contributed by atoms with Gasteiger partial charge in [0.15, 0.2) is 0 Å². The molecule has 0 radical (unpaired) electrons. The lowest BCUT2D eigenvalue weighted by Gasteiger charge is -2.61. The van der Waals surface area contributed by atoms with Crippen LogP contribution in [0.15, 0.2) is 0 Å². The average Bonchev–Trinajstić information content (AvgIpc) is 3.12. The van der Waals surface area contributed by atoms with Crippen molar-refractivity contribution in [1.82, 2.24) is 5.32 Å². The molecule has 9 heteroatoms. The van der Waals surface area contributed by atoms with E-state index in [0.717, 1.165) is 32.1 Å². The van der Waals surface area contributed by atoms with Crippen molar-refractivity contribution in [2.75, 3.05) is 12.3 Å². The van der Waals surface area contributed by atoms with Crippen LogP contribution in [0.25, 0.3) is 0 Å². The zero-order valence-corrected chi connectivity index (χ0v) is 22.1. The monoisotopic (exact) mass is 513 g/mol. The van der Waals surface area contributed by atoms with Crippen molar-refractivity contribution < 1.29 is 32.8 Å². The number of hydrogen-bond donors (Lipinski definition) is 4. The number of hydrogen-bond acceptors (Lipinski definition) is 6. The molecule has 0 heterocycles. The number of Topliss-reactive ketones (excluding diaryl/α,β-unsaturated/α-hetero) is 1. The lowest BCUT2D eigenvalue weighted by molar-refractivity contribution is -0.181. The highest BCUT2D eigenvalue weighted by Gasteiger charge is 2.65. The molecule has 0 spiro atoms. The van der Waals surface area contributed by atoms with Crippen molar-refractivity contribution in [2.45, 2.75) is 90.8 Å². The number of rotatable bonds is 7. The molecule has 8 nitrogen and oxygen atoms in total. The zero-order chi connectivity index (χ0) is 25.8. The third kappa shape index (κ3) is 4.94. The summed E-state index contributed by atoms with van der Waals surface area (Å²) in [7, 11) is -4.11. The van der Waals surface area contributed by atoms with Crippen molar-refractivity contribution in [1.29, 1.82) is 0 Å². The number of aliphatic hydroxyl groups is 2. The summed E-state index contributed by atoms with van der Waals surface area (Å²) in [5, 5.41) is 24.1. The maximum absolute atomic E-state index is 13.8.